The molecule has 5 aliphatic carbocycles. The van der Waals surface area contributed by atoms with Crippen LogP contribution in [0.1, 0.15) is 91.5 Å². The molecule has 4 atom stereocenters. The SMILES string of the molecule is C1=CC(C2=NC3c4ccc(-n5c6c(c7c5CCCC7)C5NC7=C(C=CCC7)C5C=C6)cc4SC3C(C3=CCCC=C3)=N2)=CCC1. The van der Waals surface area contributed by atoms with Crippen molar-refractivity contribution < 1.29 is 0 Å². The van der Waals surface area contributed by atoms with Crippen LogP contribution in [0.3, 0.4) is 0 Å². The van der Waals surface area contributed by atoms with Crippen LogP contribution in [-0.2, 0) is 12.8 Å². The summed E-state index contributed by atoms with van der Waals surface area (Å²) in [4.78, 5) is 12.0. The van der Waals surface area contributed by atoms with E-state index in [0.717, 1.165) is 50.8 Å². The molecule has 0 saturated carbocycles. The molecule has 45 heavy (non-hydrogen) atoms. The molecule has 0 amide bonds. The summed E-state index contributed by atoms with van der Waals surface area (Å²) in [7, 11) is 0. The Bertz CT molecular complexity index is 1940. The van der Waals surface area contributed by atoms with Gasteiger partial charge in [-0.05, 0) is 105 Å². The van der Waals surface area contributed by atoms with Gasteiger partial charge < -0.3 is 9.88 Å². The van der Waals surface area contributed by atoms with E-state index in [4.69, 9.17) is 9.98 Å². The molecule has 1 aromatic carbocycles. The minimum Gasteiger partial charge on any atom is -0.380 e. The molecule has 0 radical (unpaired) electrons. The van der Waals surface area contributed by atoms with Crippen LogP contribution in [0.4, 0.5) is 0 Å². The first-order chi connectivity index (χ1) is 22.3. The van der Waals surface area contributed by atoms with Gasteiger partial charge in [0.15, 0.2) is 5.84 Å². The van der Waals surface area contributed by atoms with E-state index in [-0.39, 0.29) is 11.3 Å². The van der Waals surface area contributed by atoms with E-state index in [1.165, 1.54) is 74.9 Å². The zero-order valence-corrected chi connectivity index (χ0v) is 26.5. The predicted molar refractivity (Wildman–Crippen MR) is 186 cm³/mol. The van der Waals surface area contributed by atoms with Crippen LogP contribution < -0.4 is 5.32 Å². The number of hydrogen-bond acceptors (Lipinski definition) is 4. The van der Waals surface area contributed by atoms with Gasteiger partial charge in [0, 0.05) is 39.0 Å². The molecule has 0 spiro atoms. The molecule has 224 valence electrons. The van der Waals surface area contributed by atoms with Crippen molar-refractivity contribution >= 4 is 29.4 Å². The number of benzene rings is 1. The average molecular weight is 607 g/mol. The Morgan fingerprint density at radius 2 is 1.69 bits per heavy atom. The zero-order valence-electron chi connectivity index (χ0n) is 25.6. The van der Waals surface area contributed by atoms with E-state index in [2.05, 4.69) is 88.8 Å². The van der Waals surface area contributed by atoms with Gasteiger partial charge in [0.2, 0.25) is 0 Å². The maximum Gasteiger partial charge on any atom is 0.155 e. The number of fused-ring (bicyclic) bond motifs is 9. The van der Waals surface area contributed by atoms with Gasteiger partial charge in [-0.2, -0.15) is 0 Å². The minimum absolute atomic E-state index is 0.0929. The van der Waals surface area contributed by atoms with Gasteiger partial charge in [-0.25, -0.2) is 4.99 Å². The largest absolute Gasteiger partial charge is 0.380 e. The molecule has 5 heteroatoms. The molecule has 0 bridgehead atoms. The number of amidine groups is 1. The Morgan fingerprint density at radius 3 is 2.56 bits per heavy atom. The van der Waals surface area contributed by atoms with Crippen molar-refractivity contribution in [3.05, 3.63) is 123 Å². The highest BCUT2D eigenvalue weighted by Gasteiger charge is 2.43. The van der Waals surface area contributed by atoms with Gasteiger partial charge in [0.25, 0.3) is 0 Å². The fourth-order valence-corrected chi connectivity index (χ4v) is 10.4. The summed E-state index contributed by atoms with van der Waals surface area (Å²) in [6, 6.07) is 7.70. The van der Waals surface area contributed by atoms with Crippen molar-refractivity contribution in [3.63, 3.8) is 0 Å². The quantitative estimate of drug-likeness (QED) is 0.379. The highest BCUT2D eigenvalue weighted by Crippen LogP contribution is 2.52. The lowest BCUT2D eigenvalue weighted by molar-refractivity contribution is 0.546. The molecule has 2 aromatic rings. The molecule has 4 heterocycles. The van der Waals surface area contributed by atoms with E-state index in [9.17, 15) is 0 Å². The van der Waals surface area contributed by atoms with Gasteiger partial charge >= 0.3 is 0 Å². The summed E-state index contributed by atoms with van der Waals surface area (Å²) < 4.78 is 2.63. The minimum atomic E-state index is 0.0929. The first kappa shape index (κ1) is 26.4. The van der Waals surface area contributed by atoms with Crippen molar-refractivity contribution in [2.75, 3.05) is 0 Å². The molecule has 10 rings (SSSR count). The number of nitrogens with one attached hydrogen (secondary N) is 1. The van der Waals surface area contributed by atoms with E-state index < -0.39 is 0 Å². The second kappa shape index (κ2) is 10.3. The molecule has 4 nitrogen and oxygen atoms in total. The van der Waals surface area contributed by atoms with E-state index in [1.807, 2.05) is 11.8 Å². The zero-order chi connectivity index (χ0) is 29.5. The van der Waals surface area contributed by atoms with Gasteiger partial charge in [0.1, 0.15) is 0 Å². The van der Waals surface area contributed by atoms with Crippen LogP contribution in [0.15, 0.2) is 110 Å². The van der Waals surface area contributed by atoms with Gasteiger partial charge in [0.05, 0.1) is 28.7 Å². The van der Waals surface area contributed by atoms with Crippen molar-refractivity contribution in [2.24, 2.45) is 15.9 Å². The van der Waals surface area contributed by atoms with Crippen molar-refractivity contribution in [3.8, 4) is 5.69 Å². The number of rotatable bonds is 3. The van der Waals surface area contributed by atoms with Crippen LogP contribution >= 0.6 is 11.8 Å². The summed E-state index contributed by atoms with van der Waals surface area (Å²) in [5.74, 6) is 1.36. The van der Waals surface area contributed by atoms with E-state index >= 15 is 0 Å². The lowest BCUT2D eigenvalue weighted by Crippen LogP contribution is -2.28. The van der Waals surface area contributed by atoms with Crippen LogP contribution in [0.2, 0.25) is 0 Å². The number of thioether (sulfide) groups is 1. The lowest BCUT2D eigenvalue weighted by atomic mass is 9.81. The summed E-state index contributed by atoms with van der Waals surface area (Å²) in [6.45, 7) is 0. The Balaban J connectivity index is 1.07. The fraction of sp³-hybridized carbons (Fsp3) is 0.350. The maximum atomic E-state index is 5.36. The van der Waals surface area contributed by atoms with Crippen LogP contribution in [-0.4, -0.2) is 21.4 Å². The Hall–Kier alpha value is -3.83. The predicted octanol–water partition coefficient (Wildman–Crippen LogP) is 9.17. The average Bonchev–Trinajstić information content (AvgIpc) is 3.77. The molecular formula is C40H38N4S. The van der Waals surface area contributed by atoms with Crippen molar-refractivity contribution in [2.45, 2.75) is 86.4 Å². The number of aliphatic imine (C=N–C) groups is 2. The Kier molecular flexibility index (Phi) is 6.07. The number of aromatic nitrogens is 1. The highest BCUT2D eigenvalue weighted by atomic mass is 32.2. The number of hydrogen-bond donors (Lipinski definition) is 1. The summed E-state index contributed by atoms with van der Waals surface area (Å²) >= 11 is 1.98. The normalized spacial score (nSPS) is 28.6. The molecular weight excluding hydrogens is 569 g/mol. The highest BCUT2D eigenvalue weighted by molar-refractivity contribution is 8.01. The standard InChI is InChI=1S/C40H38N4S/c1-3-11-24(12-4-1)36-39-38(43-40(42-36)25-13-5-2-6-14-25)30-20-19-26(23-34(30)45-39)44-32-18-10-8-16-29(32)35-33(44)22-21-28-27-15-7-9-17-31(27)41-37(28)35/h3,5,7,11-15,19-23,28,37-39,41H,1-2,4,6,8-10,16-18H2. The van der Waals surface area contributed by atoms with Gasteiger partial charge in [-0.3, -0.25) is 4.99 Å². The van der Waals surface area contributed by atoms with Gasteiger partial charge in [-0.15, -0.1) is 11.8 Å². The van der Waals surface area contributed by atoms with Crippen molar-refractivity contribution in [1.82, 2.24) is 9.88 Å². The molecule has 8 aliphatic rings. The van der Waals surface area contributed by atoms with Crippen LogP contribution in [0.5, 0.6) is 0 Å². The third kappa shape index (κ3) is 4.05. The lowest BCUT2D eigenvalue weighted by Gasteiger charge is -2.26. The maximum absolute atomic E-state index is 5.36. The first-order valence-electron chi connectivity index (χ1n) is 17.1. The molecule has 0 fully saturated rings. The van der Waals surface area contributed by atoms with E-state index in [0.29, 0.717) is 12.0 Å². The fourth-order valence-electron chi connectivity index (χ4n) is 8.93. The molecule has 3 aliphatic heterocycles. The third-order valence-corrected chi connectivity index (χ3v) is 12.3. The van der Waals surface area contributed by atoms with Crippen molar-refractivity contribution in [1.29, 1.82) is 0 Å². The second-order valence-corrected chi connectivity index (χ2v) is 14.8. The van der Waals surface area contributed by atoms with E-state index in [1.54, 1.807) is 11.1 Å². The topological polar surface area (TPSA) is 41.7 Å². The number of allylic oxidation sites excluding steroid dienone is 9. The first-order valence-corrected chi connectivity index (χ1v) is 18.0. The molecule has 1 aromatic heterocycles. The summed E-state index contributed by atoms with van der Waals surface area (Å²) in [5.41, 5.74) is 15.4. The Morgan fingerprint density at radius 1 is 0.844 bits per heavy atom. The Labute approximate surface area is 269 Å². The number of nitrogens with zero attached hydrogens (tertiary/aromatic N) is 3. The third-order valence-electron chi connectivity index (χ3n) is 11.0. The summed E-state index contributed by atoms with van der Waals surface area (Å²) in [6.07, 6.45) is 35.0. The van der Waals surface area contributed by atoms with Gasteiger partial charge in [-0.1, -0.05) is 60.8 Å². The summed E-state index contributed by atoms with van der Waals surface area (Å²) in [5, 5.41) is 4.23. The van der Waals surface area contributed by atoms with Crippen LogP contribution in [0, 0.1) is 5.92 Å². The molecule has 0 saturated heterocycles. The molecule has 1 N–H and O–H groups in total. The smallest absolute Gasteiger partial charge is 0.155 e. The molecule has 4 unspecified atom stereocenters. The monoisotopic (exact) mass is 606 g/mol. The van der Waals surface area contributed by atoms with Crippen LogP contribution in [0.25, 0.3) is 11.8 Å². The second-order valence-electron chi connectivity index (χ2n) is 13.6.